The maximum Gasteiger partial charge on any atom is 0.305 e. The summed E-state index contributed by atoms with van der Waals surface area (Å²) in [7, 11) is 0. The number of rotatable bonds is 64. The smallest absolute Gasteiger partial charge is 0.305 e. The van der Waals surface area contributed by atoms with Crippen LogP contribution in [0.2, 0.25) is 0 Å². The number of aliphatic hydroxyl groups is 5. The van der Waals surface area contributed by atoms with E-state index < -0.39 is 49.5 Å². The van der Waals surface area contributed by atoms with Gasteiger partial charge in [0.25, 0.3) is 0 Å². The summed E-state index contributed by atoms with van der Waals surface area (Å²) in [4.78, 5) is 25.1. The fraction of sp³-hybridized carbons (Fsp3) is 0.865. The van der Waals surface area contributed by atoms with E-state index in [9.17, 15) is 35.1 Å². The topological polar surface area (TPSA) is 175 Å². The van der Waals surface area contributed by atoms with E-state index in [0.29, 0.717) is 19.4 Å². The standard InChI is InChI=1S/C74H137NO10/c1-3-5-7-9-11-13-14-15-35-39-42-46-50-54-58-62-70(79)83-63-59-55-51-47-43-40-37-34-32-30-28-26-24-22-20-18-16-17-19-21-23-25-27-29-31-33-36-38-41-45-49-53-57-61-69(78)75-66(67(77)60-56-52-48-44-12-10-8-6-4-2)65-84-74-73(82)72(81)71(80)68(64-76)85-74/h15,20,22,26,28,35,56,60,66-68,71-74,76-77,80-82H,3-14,16-19,21,23-25,27,29-34,36-55,57-59,61-65H2,1-2H3,(H,75,78)/b22-20-,28-26-,35-15-,60-56+. The summed E-state index contributed by atoms with van der Waals surface area (Å²) in [5, 5.41) is 54.3. The van der Waals surface area contributed by atoms with Crippen LogP contribution in [0.3, 0.4) is 0 Å². The zero-order valence-corrected chi connectivity index (χ0v) is 55.3. The normalized spacial score (nSPS) is 18.2. The summed E-state index contributed by atoms with van der Waals surface area (Å²) in [6.45, 7) is 4.33. The van der Waals surface area contributed by atoms with Gasteiger partial charge in [-0.25, -0.2) is 0 Å². The van der Waals surface area contributed by atoms with E-state index in [1.807, 2.05) is 6.08 Å². The second-order valence-corrected chi connectivity index (χ2v) is 25.3. The fourth-order valence-corrected chi connectivity index (χ4v) is 11.4. The van der Waals surface area contributed by atoms with Gasteiger partial charge in [-0.3, -0.25) is 9.59 Å². The van der Waals surface area contributed by atoms with Crippen molar-refractivity contribution < 1.29 is 49.3 Å². The average molecular weight is 1200 g/mol. The zero-order valence-electron chi connectivity index (χ0n) is 55.3. The number of carbonyl (C=O) groups is 2. The highest BCUT2D eigenvalue weighted by Gasteiger charge is 2.44. The Hall–Kier alpha value is -2.38. The Kier molecular flexibility index (Phi) is 60.0. The van der Waals surface area contributed by atoms with Crippen molar-refractivity contribution in [2.24, 2.45) is 0 Å². The molecule has 0 aliphatic carbocycles. The number of nitrogens with one attached hydrogen (secondary N) is 1. The van der Waals surface area contributed by atoms with Crippen LogP contribution in [0.5, 0.6) is 0 Å². The molecule has 6 N–H and O–H groups in total. The number of allylic oxidation sites excluding steroid dienone is 7. The molecule has 7 unspecified atom stereocenters. The third-order valence-corrected chi connectivity index (χ3v) is 17.2. The molecule has 1 heterocycles. The van der Waals surface area contributed by atoms with Crippen molar-refractivity contribution >= 4 is 11.9 Å². The van der Waals surface area contributed by atoms with Crippen LogP contribution in [-0.4, -0.2) is 100 Å². The predicted octanol–water partition coefficient (Wildman–Crippen LogP) is 18.7. The average Bonchev–Trinajstić information content (AvgIpc) is 3.68. The lowest BCUT2D eigenvalue weighted by Gasteiger charge is -2.40. The molecule has 85 heavy (non-hydrogen) atoms. The molecule has 11 nitrogen and oxygen atoms in total. The molecule has 0 bridgehead atoms. The minimum absolute atomic E-state index is 0.000984. The molecule has 0 spiro atoms. The Bertz CT molecular complexity index is 1550. The van der Waals surface area contributed by atoms with Crippen molar-refractivity contribution in [2.45, 2.75) is 391 Å². The lowest BCUT2D eigenvalue weighted by molar-refractivity contribution is -0.302. The SMILES string of the molecule is CCCCCCCC/C=C\CCCCCCCC(=O)OCCCCCCCCCCC/C=C\C/C=C\CCCCCCCCCCCCCCCCCCCC(=O)NC(COC1OC(CO)C(O)C(O)C1O)C(O)/C=C/CCCCCCCCC. The number of hydrogen-bond acceptors (Lipinski definition) is 10. The van der Waals surface area contributed by atoms with Crippen LogP contribution in [0.1, 0.15) is 348 Å². The van der Waals surface area contributed by atoms with Crippen LogP contribution in [-0.2, 0) is 23.8 Å². The summed E-state index contributed by atoms with van der Waals surface area (Å²) in [6.07, 6.45) is 72.7. The van der Waals surface area contributed by atoms with Crippen molar-refractivity contribution in [1.82, 2.24) is 5.32 Å². The Morgan fingerprint density at radius 2 is 0.788 bits per heavy atom. The molecule has 0 aromatic rings. The van der Waals surface area contributed by atoms with Crippen LogP contribution in [0.15, 0.2) is 48.6 Å². The van der Waals surface area contributed by atoms with Gasteiger partial charge < -0.3 is 45.1 Å². The molecular formula is C74H137NO10. The van der Waals surface area contributed by atoms with Crippen molar-refractivity contribution in [3.05, 3.63) is 48.6 Å². The molecule has 11 heteroatoms. The number of carbonyl (C=O) groups excluding carboxylic acids is 2. The minimum Gasteiger partial charge on any atom is -0.466 e. The number of hydrogen-bond donors (Lipinski definition) is 6. The minimum atomic E-state index is -1.57. The van der Waals surface area contributed by atoms with Gasteiger partial charge in [0.1, 0.15) is 24.4 Å². The summed E-state index contributed by atoms with van der Waals surface area (Å²) < 4.78 is 16.7. The molecule has 1 aliphatic rings. The monoisotopic (exact) mass is 1200 g/mol. The first-order chi connectivity index (χ1) is 41.7. The van der Waals surface area contributed by atoms with Crippen molar-refractivity contribution in [2.75, 3.05) is 19.8 Å². The third kappa shape index (κ3) is 52.1. The van der Waals surface area contributed by atoms with E-state index in [2.05, 4.69) is 55.6 Å². The number of amides is 1. The van der Waals surface area contributed by atoms with Crippen LogP contribution in [0.4, 0.5) is 0 Å². The molecule has 1 aliphatic heterocycles. The first-order valence-corrected chi connectivity index (χ1v) is 36.4. The van der Waals surface area contributed by atoms with E-state index in [-0.39, 0.29) is 18.5 Å². The molecule has 7 atom stereocenters. The quantitative estimate of drug-likeness (QED) is 0.0195. The van der Waals surface area contributed by atoms with Gasteiger partial charge in [0.15, 0.2) is 6.29 Å². The molecule has 1 amide bonds. The second-order valence-electron chi connectivity index (χ2n) is 25.3. The van der Waals surface area contributed by atoms with Gasteiger partial charge in [0.05, 0.1) is 32.0 Å². The number of ether oxygens (including phenoxy) is 3. The van der Waals surface area contributed by atoms with Gasteiger partial charge in [-0.15, -0.1) is 0 Å². The molecule has 498 valence electrons. The number of unbranched alkanes of at least 4 members (excludes halogenated alkanes) is 44. The number of aliphatic hydroxyl groups excluding tert-OH is 5. The van der Waals surface area contributed by atoms with Gasteiger partial charge in [-0.05, 0) is 89.9 Å². The molecule has 1 saturated heterocycles. The molecule has 1 fully saturated rings. The fourth-order valence-electron chi connectivity index (χ4n) is 11.4. The van der Waals surface area contributed by atoms with Gasteiger partial charge >= 0.3 is 5.97 Å². The first-order valence-electron chi connectivity index (χ1n) is 36.4. The lowest BCUT2D eigenvalue weighted by Crippen LogP contribution is -2.60. The van der Waals surface area contributed by atoms with Crippen LogP contribution < -0.4 is 5.32 Å². The zero-order chi connectivity index (χ0) is 61.6. The van der Waals surface area contributed by atoms with Crippen molar-refractivity contribution in [1.29, 1.82) is 0 Å². The lowest BCUT2D eigenvalue weighted by atomic mass is 9.99. The Morgan fingerprint density at radius 1 is 0.435 bits per heavy atom. The Morgan fingerprint density at radius 3 is 1.20 bits per heavy atom. The van der Waals surface area contributed by atoms with Crippen LogP contribution in [0.25, 0.3) is 0 Å². The summed E-state index contributed by atoms with van der Waals surface area (Å²) in [6, 6.07) is -0.807. The van der Waals surface area contributed by atoms with E-state index in [1.54, 1.807) is 6.08 Å². The van der Waals surface area contributed by atoms with Crippen LogP contribution >= 0.6 is 0 Å². The van der Waals surface area contributed by atoms with Gasteiger partial charge in [-0.1, -0.05) is 294 Å². The molecule has 0 saturated carbocycles. The highest BCUT2D eigenvalue weighted by Crippen LogP contribution is 2.23. The summed E-state index contributed by atoms with van der Waals surface area (Å²) >= 11 is 0. The van der Waals surface area contributed by atoms with Crippen LogP contribution in [0, 0.1) is 0 Å². The molecule has 1 rings (SSSR count). The van der Waals surface area contributed by atoms with E-state index in [0.717, 1.165) is 64.2 Å². The second kappa shape index (κ2) is 63.2. The maximum absolute atomic E-state index is 13.0. The van der Waals surface area contributed by atoms with E-state index >= 15 is 0 Å². The van der Waals surface area contributed by atoms with Crippen molar-refractivity contribution in [3.8, 4) is 0 Å². The molecular weight excluding hydrogens is 1060 g/mol. The van der Waals surface area contributed by atoms with Gasteiger partial charge in [0.2, 0.25) is 5.91 Å². The molecule has 0 radical (unpaired) electrons. The predicted molar refractivity (Wildman–Crippen MR) is 357 cm³/mol. The van der Waals surface area contributed by atoms with E-state index in [1.165, 1.54) is 257 Å². The number of esters is 1. The highest BCUT2D eigenvalue weighted by atomic mass is 16.7. The molecule has 0 aromatic heterocycles. The van der Waals surface area contributed by atoms with E-state index in [4.69, 9.17) is 14.2 Å². The van der Waals surface area contributed by atoms with Crippen molar-refractivity contribution in [3.63, 3.8) is 0 Å². The Labute approximate surface area is 523 Å². The summed E-state index contributed by atoms with van der Waals surface area (Å²) in [5.74, 6) is -0.182. The largest absolute Gasteiger partial charge is 0.466 e. The maximum atomic E-state index is 13.0. The van der Waals surface area contributed by atoms with Gasteiger partial charge in [-0.2, -0.15) is 0 Å². The Balaban J connectivity index is 1.91. The highest BCUT2D eigenvalue weighted by molar-refractivity contribution is 5.76. The molecule has 0 aromatic carbocycles. The first kappa shape index (κ1) is 80.6. The third-order valence-electron chi connectivity index (χ3n) is 17.2. The summed E-state index contributed by atoms with van der Waals surface area (Å²) in [5.41, 5.74) is 0. The van der Waals surface area contributed by atoms with Gasteiger partial charge in [0, 0.05) is 12.8 Å².